The number of nitrogens with one attached hydrogen (secondary N) is 1. The van der Waals surface area contributed by atoms with Gasteiger partial charge in [-0.15, -0.1) is 0 Å². The molecule has 1 aromatic heterocycles. The Morgan fingerprint density at radius 3 is 2.92 bits per heavy atom. The van der Waals surface area contributed by atoms with Gasteiger partial charge in [-0.1, -0.05) is 24.3 Å². The number of carboxylic acid groups (broad SMARTS) is 1. The molecule has 24 heavy (non-hydrogen) atoms. The van der Waals surface area contributed by atoms with Crippen molar-refractivity contribution in [1.82, 2.24) is 15.1 Å². The molecule has 6 nitrogen and oxygen atoms in total. The number of carbonyl (C=O) groups excluding carboxylic acids is 1. The van der Waals surface area contributed by atoms with Gasteiger partial charge in [0.15, 0.2) is 5.69 Å². The zero-order chi connectivity index (χ0) is 16.9. The van der Waals surface area contributed by atoms with E-state index in [4.69, 9.17) is 5.11 Å². The van der Waals surface area contributed by atoms with Crippen molar-refractivity contribution in [3.8, 4) is 5.69 Å². The predicted octanol–water partition coefficient (Wildman–Crippen LogP) is 2.54. The number of amides is 1. The lowest BCUT2D eigenvalue weighted by atomic mass is 10.1. The van der Waals surface area contributed by atoms with E-state index in [1.807, 2.05) is 24.3 Å². The minimum atomic E-state index is -1.06. The van der Waals surface area contributed by atoms with Crippen LogP contribution in [0.4, 0.5) is 0 Å². The van der Waals surface area contributed by atoms with Crippen molar-refractivity contribution in [2.45, 2.75) is 25.8 Å². The van der Waals surface area contributed by atoms with Crippen molar-refractivity contribution in [2.75, 3.05) is 0 Å². The fourth-order valence-corrected chi connectivity index (χ4v) is 2.77. The third kappa shape index (κ3) is 3.90. The molecule has 0 saturated carbocycles. The van der Waals surface area contributed by atoms with Gasteiger partial charge in [-0.3, -0.25) is 4.79 Å². The molecule has 1 aromatic carbocycles. The van der Waals surface area contributed by atoms with Crippen LogP contribution in [0.3, 0.4) is 0 Å². The monoisotopic (exact) mass is 325 g/mol. The Balaban J connectivity index is 1.61. The Morgan fingerprint density at radius 1 is 1.33 bits per heavy atom. The highest BCUT2D eigenvalue weighted by Crippen LogP contribution is 2.20. The molecule has 0 bridgehead atoms. The third-order valence-corrected chi connectivity index (χ3v) is 4.03. The van der Waals surface area contributed by atoms with E-state index in [0.29, 0.717) is 18.9 Å². The van der Waals surface area contributed by atoms with Gasteiger partial charge in [-0.2, -0.15) is 5.10 Å². The first-order valence-corrected chi connectivity index (χ1v) is 7.93. The number of carboxylic acids is 1. The van der Waals surface area contributed by atoms with E-state index in [0.717, 1.165) is 24.1 Å². The van der Waals surface area contributed by atoms with Crippen LogP contribution in [0.5, 0.6) is 0 Å². The average Bonchev–Trinajstić information content (AvgIpc) is 3.25. The molecule has 0 saturated heterocycles. The molecule has 2 N–H and O–H groups in total. The van der Waals surface area contributed by atoms with Crippen LogP contribution in [-0.4, -0.2) is 26.8 Å². The van der Waals surface area contributed by atoms with Crippen LogP contribution in [0.25, 0.3) is 5.69 Å². The maximum atomic E-state index is 12.0. The van der Waals surface area contributed by atoms with Crippen LogP contribution in [0.15, 0.2) is 48.7 Å². The Kier molecular flexibility index (Phi) is 4.74. The average molecular weight is 325 g/mol. The molecule has 1 amide bonds. The summed E-state index contributed by atoms with van der Waals surface area (Å²) >= 11 is 0. The molecule has 3 rings (SSSR count). The van der Waals surface area contributed by atoms with E-state index in [1.165, 1.54) is 10.7 Å². The Morgan fingerprint density at radius 2 is 2.21 bits per heavy atom. The van der Waals surface area contributed by atoms with Gasteiger partial charge < -0.3 is 10.4 Å². The number of carbonyl (C=O) groups is 2. The smallest absolute Gasteiger partial charge is 0.356 e. The molecule has 2 aromatic rings. The molecule has 1 aliphatic rings. The Labute approximate surface area is 139 Å². The standard InChI is InChI=1S/C18H19N3O3/c22-17(11-13-4-1-2-5-13)19-12-14-6-3-7-15(10-14)21-9-8-16(20-21)18(23)24/h1,3-4,6-10,13H,2,5,11-12H2,(H,19,22)(H,23,24). The fraction of sp³-hybridized carbons (Fsp3) is 0.278. The first-order valence-electron chi connectivity index (χ1n) is 7.93. The summed E-state index contributed by atoms with van der Waals surface area (Å²) in [5, 5.41) is 15.9. The summed E-state index contributed by atoms with van der Waals surface area (Å²) in [5.41, 5.74) is 1.70. The van der Waals surface area contributed by atoms with Crippen molar-refractivity contribution in [3.05, 3.63) is 59.9 Å². The summed E-state index contributed by atoms with van der Waals surface area (Å²) in [4.78, 5) is 22.9. The second-order valence-electron chi connectivity index (χ2n) is 5.87. The van der Waals surface area contributed by atoms with Crippen molar-refractivity contribution in [1.29, 1.82) is 0 Å². The summed E-state index contributed by atoms with van der Waals surface area (Å²) in [6, 6.07) is 8.95. The summed E-state index contributed by atoms with van der Waals surface area (Å²) < 4.78 is 1.51. The summed E-state index contributed by atoms with van der Waals surface area (Å²) in [6.07, 6.45) is 8.47. The van der Waals surface area contributed by atoms with Gasteiger partial charge in [0.2, 0.25) is 5.91 Å². The number of rotatable bonds is 6. The van der Waals surface area contributed by atoms with Gasteiger partial charge in [0.25, 0.3) is 0 Å². The SMILES string of the molecule is O=C(CC1C=CCC1)NCc1cccc(-n2ccc(C(=O)O)n2)c1. The zero-order valence-electron chi connectivity index (χ0n) is 13.2. The van der Waals surface area contributed by atoms with Gasteiger partial charge in [-0.05, 0) is 42.5 Å². The van der Waals surface area contributed by atoms with Crippen LogP contribution in [0.2, 0.25) is 0 Å². The highest BCUT2D eigenvalue weighted by atomic mass is 16.4. The van der Waals surface area contributed by atoms with Crippen molar-refractivity contribution < 1.29 is 14.7 Å². The molecule has 124 valence electrons. The number of aromatic nitrogens is 2. The first-order chi connectivity index (χ1) is 11.6. The molecule has 0 fully saturated rings. The predicted molar refractivity (Wildman–Crippen MR) is 88.9 cm³/mol. The molecule has 1 aliphatic carbocycles. The Bertz CT molecular complexity index is 779. The number of aromatic carboxylic acids is 1. The number of hydrogen-bond donors (Lipinski definition) is 2. The maximum absolute atomic E-state index is 12.0. The number of nitrogens with zero attached hydrogens (tertiary/aromatic N) is 2. The highest BCUT2D eigenvalue weighted by molar-refractivity contribution is 5.85. The lowest BCUT2D eigenvalue weighted by Gasteiger charge is -2.10. The summed E-state index contributed by atoms with van der Waals surface area (Å²) in [7, 11) is 0. The first kappa shape index (κ1) is 16.0. The summed E-state index contributed by atoms with van der Waals surface area (Å²) in [5.74, 6) is -0.655. The molecule has 1 atom stereocenters. The largest absolute Gasteiger partial charge is 0.476 e. The van der Waals surface area contributed by atoms with E-state index in [2.05, 4.69) is 22.6 Å². The van der Waals surface area contributed by atoms with E-state index in [-0.39, 0.29) is 11.6 Å². The van der Waals surface area contributed by atoms with Gasteiger partial charge >= 0.3 is 5.97 Å². The van der Waals surface area contributed by atoms with E-state index < -0.39 is 5.97 Å². The topological polar surface area (TPSA) is 84.2 Å². The molecule has 0 spiro atoms. The number of allylic oxidation sites excluding steroid dienone is 2. The van der Waals surface area contributed by atoms with Crippen molar-refractivity contribution in [2.24, 2.45) is 5.92 Å². The molecule has 6 heteroatoms. The minimum Gasteiger partial charge on any atom is -0.476 e. The highest BCUT2D eigenvalue weighted by Gasteiger charge is 2.13. The van der Waals surface area contributed by atoms with E-state index >= 15 is 0 Å². The van der Waals surface area contributed by atoms with E-state index in [1.54, 1.807) is 6.20 Å². The normalized spacial score (nSPS) is 16.2. The van der Waals surface area contributed by atoms with Gasteiger partial charge in [0.1, 0.15) is 0 Å². The Hall–Kier alpha value is -2.89. The minimum absolute atomic E-state index is 0.00155. The molecule has 1 unspecified atom stereocenters. The second-order valence-corrected chi connectivity index (χ2v) is 5.87. The van der Waals surface area contributed by atoms with Crippen LogP contribution in [-0.2, 0) is 11.3 Å². The number of hydrogen-bond acceptors (Lipinski definition) is 3. The lowest BCUT2D eigenvalue weighted by Crippen LogP contribution is -2.24. The van der Waals surface area contributed by atoms with Crippen LogP contribution in [0.1, 0.15) is 35.3 Å². The molecule has 1 heterocycles. The van der Waals surface area contributed by atoms with Crippen LogP contribution >= 0.6 is 0 Å². The van der Waals surface area contributed by atoms with E-state index in [9.17, 15) is 9.59 Å². The molecule has 0 aliphatic heterocycles. The zero-order valence-corrected chi connectivity index (χ0v) is 13.2. The lowest BCUT2D eigenvalue weighted by molar-refractivity contribution is -0.121. The van der Waals surface area contributed by atoms with Crippen LogP contribution in [0, 0.1) is 5.92 Å². The third-order valence-electron chi connectivity index (χ3n) is 4.03. The van der Waals surface area contributed by atoms with Gasteiger partial charge in [-0.25, -0.2) is 9.48 Å². The maximum Gasteiger partial charge on any atom is 0.356 e. The van der Waals surface area contributed by atoms with Gasteiger partial charge in [0.05, 0.1) is 5.69 Å². The van der Waals surface area contributed by atoms with Crippen molar-refractivity contribution >= 4 is 11.9 Å². The summed E-state index contributed by atoms with van der Waals surface area (Å²) in [6.45, 7) is 0.441. The van der Waals surface area contributed by atoms with Crippen LogP contribution < -0.4 is 5.32 Å². The number of benzene rings is 1. The second kappa shape index (κ2) is 7.12. The fourth-order valence-electron chi connectivity index (χ4n) is 2.77. The van der Waals surface area contributed by atoms with Crippen molar-refractivity contribution in [3.63, 3.8) is 0 Å². The molecule has 0 radical (unpaired) electrons. The quantitative estimate of drug-likeness (QED) is 0.799. The van der Waals surface area contributed by atoms with Gasteiger partial charge in [0, 0.05) is 19.2 Å². The molecular weight excluding hydrogens is 306 g/mol. The molecular formula is C18H19N3O3.